The number of carbonyl (C=O) groups excluding carboxylic acids is 1. The van der Waals surface area contributed by atoms with E-state index in [4.69, 9.17) is 10.5 Å². The number of aromatic hydroxyl groups is 1. The van der Waals surface area contributed by atoms with Crippen LogP contribution in [0.4, 0.5) is 0 Å². The van der Waals surface area contributed by atoms with Crippen LogP contribution < -0.4 is 10.5 Å². The summed E-state index contributed by atoms with van der Waals surface area (Å²) < 4.78 is 5.91. The fourth-order valence-corrected chi connectivity index (χ4v) is 3.05. The highest BCUT2D eigenvalue weighted by Gasteiger charge is 2.06. The van der Waals surface area contributed by atoms with Gasteiger partial charge in [0.1, 0.15) is 5.01 Å². The molecule has 0 spiro atoms. The second-order valence-electron chi connectivity index (χ2n) is 4.86. The highest BCUT2D eigenvalue weighted by molar-refractivity contribution is 7.19. The number of phenolic OH excluding ortho intramolecular Hbond substituents is 1. The van der Waals surface area contributed by atoms with E-state index in [0.717, 1.165) is 20.8 Å². The van der Waals surface area contributed by atoms with Gasteiger partial charge in [-0.15, -0.1) is 11.3 Å². The Balaban J connectivity index is 1.88. The van der Waals surface area contributed by atoms with Crippen LogP contribution >= 0.6 is 11.3 Å². The molecule has 0 saturated carbocycles. The molecule has 0 radical (unpaired) electrons. The monoisotopic (exact) mass is 326 g/mol. The summed E-state index contributed by atoms with van der Waals surface area (Å²) in [7, 11) is 1.51. The van der Waals surface area contributed by atoms with Gasteiger partial charge in [-0.25, -0.2) is 4.98 Å². The van der Waals surface area contributed by atoms with Crippen LogP contribution in [0.15, 0.2) is 36.4 Å². The minimum absolute atomic E-state index is 0.0880. The van der Waals surface area contributed by atoms with Gasteiger partial charge >= 0.3 is 0 Å². The van der Waals surface area contributed by atoms with Crippen molar-refractivity contribution in [2.24, 2.45) is 5.73 Å². The molecule has 0 saturated heterocycles. The van der Waals surface area contributed by atoms with E-state index in [1.807, 2.05) is 18.2 Å². The lowest BCUT2D eigenvalue weighted by molar-refractivity contribution is 0.100. The summed E-state index contributed by atoms with van der Waals surface area (Å²) in [4.78, 5) is 15.7. The fourth-order valence-electron chi connectivity index (χ4n) is 2.15. The molecule has 0 aliphatic carbocycles. The van der Waals surface area contributed by atoms with Gasteiger partial charge in [-0.2, -0.15) is 0 Å². The zero-order valence-corrected chi connectivity index (χ0v) is 13.1. The summed E-state index contributed by atoms with van der Waals surface area (Å²) in [6.45, 7) is 0. The first-order valence-corrected chi connectivity index (χ1v) is 7.64. The number of fused-ring (bicyclic) bond motifs is 1. The largest absolute Gasteiger partial charge is 0.504 e. The van der Waals surface area contributed by atoms with E-state index in [9.17, 15) is 9.90 Å². The van der Waals surface area contributed by atoms with Crippen molar-refractivity contribution in [3.05, 3.63) is 52.5 Å². The predicted octanol–water partition coefficient (Wildman–Crippen LogP) is 3.28. The number of amides is 1. The summed E-state index contributed by atoms with van der Waals surface area (Å²) in [6.07, 6.45) is 3.71. The lowest BCUT2D eigenvalue weighted by atomic mass is 10.2. The zero-order chi connectivity index (χ0) is 16.4. The van der Waals surface area contributed by atoms with Crippen molar-refractivity contribution < 1.29 is 14.6 Å². The van der Waals surface area contributed by atoms with E-state index >= 15 is 0 Å². The fraction of sp³-hybridized carbons (Fsp3) is 0.0588. The molecule has 1 amide bonds. The maximum Gasteiger partial charge on any atom is 0.248 e. The van der Waals surface area contributed by atoms with E-state index < -0.39 is 5.91 Å². The number of aromatic nitrogens is 1. The molecule has 1 heterocycles. The molecule has 3 rings (SSSR count). The third-order valence-corrected chi connectivity index (χ3v) is 4.29. The van der Waals surface area contributed by atoms with Crippen LogP contribution in [0.25, 0.3) is 22.4 Å². The van der Waals surface area contributed by atoms with Gasteiger partial charge < -0.3 is 15.6 Å². The van der Waals surface area contributed by atoms with Crippen LogP contribution in [-0.2, 0) is 0 Å². The second-order valence-corrected chi connectivity index (χ2v) is 5.93. The van der Waals surface area contributed by atoms with Crippen LogP contribution in [0, 0.1) is 0 Å². The summed E-state index contributed by atoms with van der Waals surface area (Å²) in [6, 6.07) is 10.3. The number of hydrogen-bond donors (Lipinski definition) is 2. The SMILES string of the molecule is COc1ccc(/C=C/c2nc3ccc(C(N)=O)cc3s2)cc1O. The highest BCUT2D eigenvalue weighted by atomic mass is 32.1. The Morgan fingerprint density at radius 3 is 2.78 bits per heavy atom. The number of ether oxygens (including phenoxy) is 1. The van der Waals surface area contributed by atoms with Gasteiger partial charge in [0.2, 0.25) is 5.91 Å². The van der Waals surface area contributed by atoms with Crippen LogP contribution in [0.2, 0.25) is 0 Å². The summed E-state index contributed by atoms with van der Waals surface area (Å²) in [5.74, 6) is 0.0669. The number of hydrogen-bond acceptors (Lipinski definition) is 5. The Labute approximate surface area is 136 Å². The smallest absolute Gasteiger partial charge is 0.248 e. The lowest BCUT2D eigenvalue weighted by Gasteiger charge is -2.02. The number of carbonyl (C=O) groups is 1. The molecule has 0 bridgehead atoms. The molecular formula is C17H14N2O3S. The molecule has 6 heteroatoms. The molecular weight excluding hydrogens is 312 g/mol. The van der Waals surface area contributed by atoms with E-state index in [-0.39, 0.29) is 5.75 Å². The number of phenols is 1. The molecule has 3 N–H and O–H groups in total. The van der Waals surface area contributed by atoms with Crippen LogP contribution in [0.5, 0.6) is 11.5 Å². The van der Waals surface area contributed by atoms with Crippen LogP contribution in [0.3, 0.4) is 0 Å². The van der Waals surface area contributed by atoms with Gasteiger partial charge in [-0.1, -0.05) is 12.1 Å². The van der Waals surface area contributed by atoms with Crippen molar-refractivity contribution in [1.29, 1.82) is 0 Å². The van der Waals surface area contributed by atoms with Gasteiger partial charge in [0, 0.05) is 5.56 Å². The third-order valence-electron chi connectivity index (χ3n) is 3.31. The maximum atomic E-state index is 11.2. The number of rotatable bonds is 4. The molecule has 3 aromatic rings. The standard InChI is InChI=1S/C17H14N2O3S/c1-22-14-6-2-10(8-13(14)20)3-7-16-19-12-5-4-11(17(18)21)9-15(12)23-16/h2-9,20H,1H3,(H2,18,21)/b7-3+. The average molecular weight is 326 g/mol. The Hall–Kier alpha value is -2.86. The second kappa shape index (κ2) is 6.10. The van der Waals surface area contributed by atoms with Gasteiger partial charge in [0.15, 0.2) is 11.5 Å². The van der Waals surface area contributed by atoms with Crippen LogP contribution in [-0.4, -0.2) is 23.1 Å². The van der Waals surface area contributed by atoms with Crippen LogP contribution in [0.1, 0.15) is 20.9 Å². The zero-order valence-electron chi connectivity index (χ0n) is 12.3. The summed E-state index contributed by atoms with van der Waals surface area (Å²) >= 11 is 1.47. The molecule has 0 atom stereocenters. The van der Waals surface area contributed by atoms with Gasteiger partial charge in [0.25, 0.3) is 0 Å². The number of benzene rings is 2. The van der Waals surface area contributed by atoms with E-state index in [1.165, 1.54) is 18.4 Å². The Kier molecular flexibility index (Phi) is 3.99. The van der Waals surface area contributed by atoms with Gasteiger partial charge in [-0.05, 0) is 42.0 Å². The molecule has 0 aliphatic heterocycles. The number of methoxy groups -OCH3 is 1. The Morgan fingerprint density at radius 2 is 2.09 bits per heavy atom. The molecule has 5 nitrogen and oxygen atoms in total. The van der Waals surface area contributed by atoms with Crippen molar-refractivity contribution in [3.63, 3.8) is 0 Å². The topological polar surface area (TPSA) is 85.4 Å². The normalized spacial score (nSPS) is 11.2. The lowest BCUT2D eigenvalue weighted by Crippen LogP contribution is -2.10. The number of primary amides is 1. The number of nitrogens with zero attached hydrogens (tertiary/aromatic N) is 1. The van der Waals surface area contributed by atoms with Crippen molar-refractivity contribution in [2.45, 2.75) is 0 Å². The van der Waals surface area contributed by atoms with Crippen molar-refractivity contribution in [2.75, 3.05) is 7.11 Å². The molecule has 23 heavy (non-hydrogen) atoms. The quantitative estimate of drug-likeness (QED) is 0.770. The average Bonchev–Trinajstić information content (AvgIpc) is 2.95. The van der Waals surface area contributed by atoms with Gasteiger partial charge in [0.05, 0.1) is 17.3 Å². The first-order chi connectivity index (χ1) is 11.1. The summed E-state index contributed by atoms with van der Waals surface area (Å²) in [5, 5.41) is 10.6. The highest BCUT2D eigenvalue weighted by Crippen LogP contribution is 2.28. The minimum Gasteiger partial charge on any atom is -0.504 e. The number of nitrogens with two attached hydrogens (primary N) is 1. The van der Waals surface area contributed by atoms with Crippen molar-refractivity contribution in [1.82, 2.24) is 4.98 Å². The first kappa shape index (κ1) is 15.1. The first-order valence-electron chi connectivity index (χ1n) is 6.82. The Bertz CT molecular complexity index is 915. The molecule has 0 unspecified atom stereocenters. The molecule has 1 aromatic heterocycles. The van der Waals surface area contributed by atoms with Gasteiger partial charge in [-0.3, -0.25) is 4.79 Å². The third kappa shape index (κ3) is 3.17. The Morgan fingerprint density at radius 1 is 1.26 bits per heavy atom. The maximum absolute atomic E-state index is 11.2. The molecule has 2 aromatic carbocycles. The van der Waals surface area contributed by atoms with E-state index in [0.29, 0.717) is 11.3 Å². The summed E-state index contributed by atoms with van der Waals surface area (Å²) in [5.41, 5.74) is 7.40. The van der Waals surface area contributed by atoms with Crippen molar-refractivity contribution >= 4 is 39.6 Å². The van der Waals surface area contributed by atoms with E-state index in [1.54, 1.807) is 30.3 Å². The number of thiazole rings is 1. The molecule has 0 aliphatic rings. The minimum atomic E-state index is -0.453. The molecule has 0 fully saturated rings. The van der Waals surface area contributed by atoms with Crippen molar-refractivity contribution in [3.8, 4) is 11.5 Å². The van der Waals surface area contributed by atoms with E-state index in [2.05, 4.69) is 4.98 Å². The predicted molar refractivity (Wildman–Crippen MR) is 91.7 cm³/mol. The molecule has 116 valence electrons.